The molecule has 80 valence electrons. The normalized spacial score (nSPS) is 11.0. The topological polar surface area (TPSA) is 40.7 Å². The van der Waals surface area contributed by atoms with Crippen molar-refractivity contribution in [3.8, 4) is 0 Å². The van der Waals surface area contributed by atoms with Crippen LogP contribution in [0.25, 0.3) is 11.0 Å². The van der Waals surface area contributed by atoms with Crippen molar-refractivity contribution in [2.24, 2.45) is 0 Å². The molecule has 0 aliphatic carbocycles. The summed E-state index contributed by atoms with van der Waals surface area (Å²) >= 11 is 14.0. The van der Waals surface area contributed by atoms with Crippen molar-refractivity contribution in [2.75, 3.05) is 12.4 Å². The Morgan fingerprint density at radius 1 is 1.00 bits per heavy atom. The summed E-state index contributed by atoms with van der Waals surface area (Å²) in [7, 11) is 1.82. The Balaban J connectivity index is 2.90. The maximum Gasteiger partial charge on any atom is 0.200 e. The van der Waals surface area contributed by atoms with E-state index in [1.165, 1.54) is 0 Å². The lowest BCUT2D eigenvalue weighted by Gasteiger charge is -2.03. The van der Waals surface area contributed by atoms with Crippen LogP contribution in [0.1, 0.15) is 0 Å². The first-order valence-corrected chi connectivity index (χ1v) is 7.13. The van der Waals surface area contributed by atoms with Crippen LogP contribution in [-0.2, 0) is 0 Å². The van der Waals surface area contributed by atoms with Crippen LogP contribution in [0.5, 0.6) is 0 Å². The number of rotatable bonds is 1. The number of nitrogens with zero attached hydrogens (tertiary/aromatic N) is 1. The number of hydrogen-bond donors (Lipinski definition) is 2. The zero-order chi connectivity index (χ0) is 11.2. The second-order valence-corrected chi connectivity index (χ2v) is 5.99. The quantitative estimate of drug-likeness (QED) is 0.478. The molecule has 1 aromatic carbocycles. The molecular weight excluding hydrogens is 458 g/mol. The van der Waals surface area contributed by atoms with Gasteiger partial charge in [0.25, 0.3) is 0 Å². The molecule has 0 saturated carbocycles. The predicted molar refractivity (Wildman–Crippen MR) is 76.4 cm³/mol. The van der Waals surface area contributed by atoms with Crippen molar-refractivity contribution in [3.05, 3.63) is 17.9 Å². The van der Waals surface area contributed by atoms with Crippen LogP contribution in [0.15, 0.2) is 17.9 Å². The fraction of sp³-hybridized carbons (Fsp3) is 0.125. The highest BCUT2D eigenvalue weighted by molar-refractivity contribution is 9.15. The van der Waals surface area contributed by atoms with Gasteiger partial charge in [-0.05, 0) is 63.7 Å². The maximum atomic E-state index is 4.40. The third-order valence-electron chi connectivity index (χ3n) is 1.95. The number of H-pyrrole nitrogens is 1. The highest BCUT2D eigenvalue weighted by atomic mass is 79.9. The number of benzene rings is 1. The maximum absolute atomic E-state index is 4.40. The van der Waals surface area contributed by atoms with Gasteiger partial charge in [-0.2, -0.15) is 0 Å². The molecule has 2 N–H and O–H groups in total. The SMILES string of the molecule is CNc1nc2c(Br)c(Br)c(Br)c(Br)c2[nH]1. The van der Waals surface area contributed by atoms with Gasteiger partial charge in [0.2, 0.25) is 5.95 Å². The number of halogens is 4. The smallest absolute Gasteiger partial charge is 0.200 e. The number of imidazole rings is 1. The van der Waals surface area contributed by atoms with Gasteiger partial charge in [-0.1, -0.05) is 0 Å². The van der Waals surface area contributed by atoms with E-state index in [2.05, 4.69) is 79.0 Å². The summed E-state index contributed by atoms with van der Waals surface area (Å²) in [4.78, 5) is 7.57. The molecule has 7 heteroatoms. The summed E-state index contributed by atoms with van der Waals surface area (Å²) in [6.45, 7) is 0. The molecule has 0 unspecified atom stereocenters. The molecule has 1 heterocycles. The van der Waals surface area contributed by atoms with Crippen LogP contribution >= 0.6 is 63.7 Å². The molecule has 0 radical (unpaired) electrons. The van der Waals surface area contributed by atoms with E-state index >= 15 is 0 Å². The number of hydrogen-bond acceptors (Lipinski definition) is 2. The zero-order valence-electron chi connectivity index (χ0n) is 7.46. The molecule has 2 rings (SSSR count). The average molecular weight is 463 g/mol. The Morgan fingerprint density at radius 2 is 1.60 bits per heavy atom. The van der Waals surface area contributed by atoms with Gasteiger partial charge >= 0.3 is 0 Å². The Morgan fingerprint density at radius 3 is 2.20 bits per heavy atom. The Bertz CT molecular complexity index is 489. The second-order valence-electron chi connectivity index (χ2n) is 2.81. The van der Waals surface area contributed by atoms with Gasteiger partial charge in [-0.15, -0.1) is 0 Å². The molecule has 0 saturated heterocycles. The van der Waals surface area contributed by atoms with Crippen LogP contribution < -0.4 is 5.32 Å². The van der Waals surface area contributed by atoms with E-state index in [1.54, 1.807) is 0 Å². The van der Waals surface area contributed by atoms with Gasteiger partial charge in [-0.25, -0.2) is 4.98 Å². The molecule has 0 aliphatic heterocycles. The zero-order valence-corrected chi connectivity index (χ0v) is 13.8. The molecule has 0 bridgehead atoms. The monoisotopic (exact) mass is 459 g/mol. The number of aromatic nitrogens is 2. The van der Waals surface area contributed by atoms with Gasteiger partial charge in [0.15, 0.2) is 0 Å². The van der Waals surface area contributed by atoms with Crippen molar-refractivity contribution in [1.82, 2.24) is 9.97 Å². The van der Waals surface area contributed by atoms with Crippen molar-refractivity contribution in [3.63, 3.8) is 0 Å². The van der Waals surface area contributed by atoms with Gasteiger partial charge in [0, 0.05) is 16.0 Å². The predicted octanol–water partition coefficient (Wildman–Crippen LogP) is 4.65. The van der Waals surface area contributed by atoms with Crippen LogP contribution in [0.3, 0.4) is 0 Å². The van der Waals surface area contributed by atoms with Gasteiger partial charge in [0.05, 0.1) is 14.5 Å². The van der Waals surface area contributed by atoms with E-state index in [-0.39, 0.29) is 0 Å². The van der Waals surface area contributed by atoms with Crippen molar-refractivity contribution in [1.29, 1.82) is 0 Å². The summed E-state index contributed by atoms with van der Waals surface area (Å²) < 4.78 is 3.76. The van der Waals surface area contributed by atoms with Crippen molar-refractivity contribution < 1.29 is 0 Å². The largest absolute Gasteiger partial charge is 0.359 e. The number of anilines is 1. The van der Waals surface area contributed by atoms with Crippen molar-refractivity contribution in [2.45, 2.75) is 0 Å². The summed E-state index contributed by atoms with van der Waals surface area (Å²) in [6.07, 6.45) is 0. The Labute approximate surface area is 120 Å². The minimum atomic E-state index is 0.733. The lowest BCUT2D eigenvalue weighted by molar-refractivity contribution is 1.28. The van der Waals surface area contributed by atoms with E-state index in [9.17, 15) is 0 Å². The lowest BCUT2D eigenvalue weighted by atomic mass is 10.3. The van der Waals surface area contributed by atoms with Crippen molar-refractivity contribution >= 4 is 80.7 Å². The number of nitrogens with one attached hydrogen (secondary N) is 2. The Hall–Kier alpha value is 0.410. The summed E-state index contributed by atoms with van der Waals surface area (Å²) in [5, 5.41) is 2.97. The van der Waals surface area contributed by atoms with Gasteiger partial charge in [0.1, 0.15) is 5.52 Å². The molecule has 0 amide bonds. The molecular formula is C8H5Br4N3. The summed E-state index contributed by atoms with van der Waals surface area (Å²) in [5.41, 5.74) is 1.82. The molecule has 0 atom stereocenters. The molecule has 3 nitrogen and oxygen atoms in total. The fourth-order valence-electron chi connectivity index (χ4n) is 1.22. The number of aromatic amines is 1. The standard InChI is InChI=1S/C8H5Br4N3/c1-13-8-14-6-4(11)2(9)3(10)5(12)7(6)15-8/h1H3,(H2,13,14,15). The fourth-order valence-corrected chi connectivity index (χ4v) is 3.50. The first-order valence-electron chi connectivity index (χ1n) is 3.95. The molecule has 0 spiro atoms. The summed E-state index contributed by atoms with van der Waals surface area (Å²) in [5.74, 6) is 0.733. The van der Waals surface area contributed by atoms with E-state index in [4.69, 9.17) is 0 Å². The second kappa shape index (κ2) is 4.35. The first kappa shape index (κ1) is 11.9. The van der Waals surface area contributed by atoms with E-state index in [1.807, 2.05) is 7.05 Å². The molecule has 15 heavy (non-hydrogen) atoms. The van der Waals surface area contributed by atoms with Crippen LogP contribution in [0.2, 0.25) is 0 Å². The minimum absolute atomic E-state index is 0.733. The molecule has 0 fully saturated rings. The van der Waals surface area contributed by atoms with E-state index in [0.717, 1.165) is 34.9 Å². The first-order chi connectivity index (χ1) is 7.06. The minimum Gasteiger partial charge on any atom is -0.359 e. The number of fused-ring (bicyclic) bond motifs is 1. The van der Waals surface area contributed by atoms with E-state index < -0.39 is 0 Å². The van der Waals surface area contributed by atoms with Gasteiger partial charge < -0.3 is 10.3 Å². The van der Waals surface area contributed by atoms with Crippen LogP contribution in [0, 0.1) is 0 Å². The van der Waals surface area contributed by atoms with Gasteiger partial charge in [-0.3, -0.25) is 0 Å². The summed E-state index contributed by atoms with van der Waals surface area (Å²) in [6, 6.07) is 0. The van der Waals surface area contributed by atoms with E-state index in [0.29, 0.717) is 0 Å². The lowest BCUT2D eigenvalue weighted by Crippen LogP contribution is -1.88. The molecule has 0 aliphatic rings. The third kappa shape index (κ3) is 1.87. The Kier molecular flexibility index (Phi) is 3.45. The highest BCUT2D eigenvalue weighted by Gasteiger charge is 2.16. The average Bonchev–Trinajstić information content (AvgIpc) is 2.67. The van der Waals surface area contributed by atoms with Crippen LogP contribution in [-0.4, -0.2) is 17.0 Å². The molecule has 1 aromatic heterocycles. The molecule has 2 aromatic rings. The highest BCUT2D eigenvalue weighted by Crippen LogP contribution is 2.42. The van der Waals surface area contributed by atoms with Crippen LogP contribution in [0.4, 0.5) is 5.95 Å². The third-order valence-corrected chi connectivity index (χ3v) is 6.69.